The smallest absolute Gasteiger partial charge is 0.145 e. The van der Waals surface area contributed by atoms with Crippen molar-refractivity contribution in [2.24, 2.45) is 0 Å². The van der Waals surface area contributed by atoms with E-state index in [1.54, 1.807) is 6.07 Å². The molecule has 0 aliphatic heterocycles. The van der Waals surface area contributed by atoms with Crippen LogP contribution in [0.4, 0.5) is 4.39 Å². The predicted molar refractivity (Wildman–Crippen MR) is 50.7 cm³/mol. The number of halogens is 1. The molecular formula is C8H5FOS2. The van der Waals surface area contributed by atoms with E-state index in [1.165, 1.54) is 22.8 Å². The fourth-order valence-corrected chi connectivity index (χ4v) is 2.30. The van der Waals surface area contributed by atoms with Crippen LogP contribution in [0, 0.1) is 5.82 Å². The molecule has 0 atom stereocenters. The van der Waals surface area contributed by atoms with Gasteiger partial charge >= 0.3 is 0 Å². The molecule has 2 aromatic rings. The Labute approximate surface area is 77.9 Å². The van der Waals surface area contributed by atoms with Gasteiger partial charge in [0.15, 0.2) is 0 Å². The standard InChI is InChI=1S/C8H5FOS2/c9-5-3-12-7-2-4(11)1-6(10)8(5)7/h1-3,10-11H. The van der Waals surface area contributed by atoms with Crippen LogP contribution in [-0.2, 0) is 0 Å². The van der Waals surface area contributed by atoms with Gasteiger partial charge in [-0.05, 0) is 12.1 Å². The van der Waals surface area contributed by atoms with Crippen molar-refractivity contribution in [3.8, 4) is 5.75 Å². The maximum absolute atomic E-state index is 13.0. The minimum atomic E-state index is -0.374. The highest BCUT2D eigenvalue weighted by Gasteiger charge is 2.08. The molecule has 0 saturated carbocycles. The number of benzene rings is 1. The van der Waals surface area contributed by atoms with E-state index in [-0.39, 0.29) is 17.0 Å². The molecule has 1 aromatic carbocycles. The summed E-state index contributed by atoms with van der Waals surface area (Å²) >= 11 is 5.32. The third-order valence-corrected chi connectivity index (χ3v) is 2.75. The van der Waals surface area contributed by atoms with Crippen LogP contribution >= 0.6 is 24.0 Å². The number of phenolic OH excluding ortho intramolecular Hbond substituents is 1. The Morgan fingerprint density at radius 3 is 2.92 bits per heavy atom. The van der Waals surface area contributed by atoms with Gasteiger partial charge in [0.05, 0.1) is 5.39 Å². The Morgan fingerprint density at radius 2 is 2.17 bits per heavy atom. The number of aromatic hydroxyl groups is 1. The van der Waals surface area contributed by atoms with Crippen molar-refractivity contribution >= 4 is 34.1 Å². The molecule has 0 fully saturated rings. The molecule has 4 heteroatoms. The Hall–Kier alpha value is -0.740. The van der Waals surface area contributed by atoms with E-state index in [2.05, 4.69) is 12.6 Å². The van der Waals surface area contributed by atoms with Crippen LogP contribution in [0.1, 0.15) is 0 Å². The molecular weight excluding hydrogens is 195 g/mol. The van der Waals surface area contributed by atoms with Crippen molar-refractivity contribution in [1.29, 1.82) is 0 Å². The highest BCUT2D eigenvalue weighted by Crippen LogP contribution is 2.34. The third-order valence-electron chi connectivity index (χ3n) is 1.59. The molecule has 0 spiro atoms. The van der Waals surface area contributed by atoms with Crippen LogP contribution in [0.2, 0.25) is 0 Å². The summed E-state index contributed by atoms with van der Waals surface area (Å²) in [6.07, 6.45) is 0. The van der Waals surface area contributed by atoms with E-state index in [9.17, 15) is 9.50 Å². The lowest BCUT2D eigenvalue weighted by Gasteiger charge is -1.96. The molecule has 0 radical (unpaired) electrons. The molecule has 62 valence electrons. The largest absolute Gasteiger partial charge is 0.507 e. The molecule has 12 heavy (non-hydrogen) atoms. The lowest BCUT2D eigenvalue weighted by molar-refractivity contribution is 0.477. The molecule has 2 rings (SSSR count). The van der Waals surface area contributed by atoms with Crippen LogP contribution in [0.15, 0.2) is 22.4 Å². The van der Waals surface area contributed by atoms with Gasteiger partial charge < -0.3 is 5.11 Å². The Bertz CT molecular complexity index is 436. The second-order valence-corrected chi connectivity index (χ2v) is 3.85. The predicted octanol–water partition coefficient (Wildman–Crippen LogP) is 3.03. The van der Waals surface area contributed by atoms with Crippen molar-refractivity contribution in [3.05, 3.63) is 23.3 Å². The van der Waals surface area contributed by atoms with Crippen molar-refractivity contribution in [2.75, 3.05) is 0 Å². The minimum absolute atomic E-state index is 0.0451. The monoisotopic (exact) mass is 200 g/mol. The number of phenols is 1. The highest BCUT2D eigenvalue weighted by atomic mass is 32.1. The van der Waals surface area contributed by atoms with Crippen LogP contribution in [-0.4, -0.2) is 5.11 Å². The Balaban J connectivity index is 2.93. The molecule has 0 amide bonds. The summed E-state index contributed by atoms with van der Waals surface area (Å²) in [6.45, 7) is 0. The lowest BCUT2D eigenvalue weighted by atomic mass is 10.2. The average Bonchev–Trinajstić information content (AvgIpc) is 2.31. The second-order valence-electron chi connectivity index (χ2n) is 2.42. The number of hydrogen-bond acceptors (Lipinski definition) is 3. The number of thiophene rings is 1. The van der Waals surface area contributed by atoms with E-state index < -0.39 is 0 Å². The van der Waals surface area contributed by atoms with Crippen LogP contribution in [0.3, 0.4) is 0 Å². The van der Waals surface area contributed by atoms with Gasteiger partial charge in [0, 0.05) is 15.0 Å². The van der Waals surface area contributed by atoms with Crippen LogP contribution < -0.4 is 0 Å². The Morgan fingerprint density at radius 1 is 1.42 bits per heavy atom. The summed E-state index contributed by atoms with van der Waals surface area (Å²) in [5.41, 5.74) is 0. The number of rotatable bonds is 0. The topological polar surface area (TPSA) is 20.2 Å². The lowest BCUT2D eigenvalue weighted by Crippen LogP contribution is -1.72. The third kappa shape index (κ3) is 1.07. The fourth-order valence-electron chi connectivity index (χ4n) is 1.09. The number of hydrogen-bond donors (Lipinski definition) is 2. The highest BCUT2D eigenvalue weighted by molar-refractivity contribution is 7.80. The van der Waals surface area contributed by atoms with Gasteiger partial charge in [-0.25, -0.2) is 4.39 Å². The molecule has 0 aliphatic rings. The maximum Gasteiger partial charge on any atom is 0.145 e. The van der Waals surface area contributed by atoms with Gasteiger partial charge in [0.1, 0.15) is 11.6 Å². The molecule has 1 aromatic heterocycles. The second kappa shape index (κ2) is 2.64. The molecule has 1 N–H and O–H groups in total. The maximum atomic E-state index is 13.0. The molecule has 0 unspecified atom stereocenters. The summed E-state index contributed by atoms with van der Waals surface area (Å²) in [7, 11) is 0. The SMILES string of the molecule is Oc1cc(S)cc2scc(F)c12. The van der Waals surface area contributed by atoms with Gasteiger partial charge in [-0.3, -0.25) is 0 Å². The fraction of sp³-hybridized carbons (Fsp3) is 0. The van der Waals surface area contributed by atoms with Crippen molar-refractivity contribution in [3.63, 3.8) is 0 Å². The van der Waals surface area contributed by atoms with Gasteiger partial charge in [0.25, 0.3) is 0 Å². The first kappa shape index (κ1) is 7.89. The van der Waals surface area contributed by atoms with E-state index >= 15 is 0 Å². The molecule has 0 bridgehead atoms. The molecule has 0 aliphatic carbocycles. The minimum Gasteiger partial charge on any atom is -0.507 e. The van der Waals surface area contributed by atoms with E-state index in [4.69, 9.17) is 0 Å². The quantitative estimate of drug-likeness (QED) is 0.626. The molecule has 0 saturated heterocycles. The van der Waals surface area contributed by atoms with E-state index in [1.807, 2.05) is 0 Å². The van der Waals surface area contributed by atoms with Crippen molar-refractivity contribution in [2.45, 2.75) is 4.90 Å². The van der Waals surface area contributed by atoms with Crippen LogP contribution in [0.25, 0.3) is 10.1 Å². The number of fused-ring (bicyclic) bond motifs is 1. The van der Waals surface area contributed by atoms with Gasteiger partial charge in [-0.1, -0.05) is 0 Å². The summed E-state index contributed by atoms with van der Waals surface area (Å²) in [5.74, 6) is -0.419. The first-order valence-electron chi connectivity index (χ1n) is 3.27. The summed E-state index contributed by atoms with van der Waals surface area (Å²) in [6, 6.07) is 3.16. The average molecular weight is 200 g/mol. The molecule has 1 nitrogen and oxygen atoms in total. The summed E-state index contributed by atoms with van der Waals surface area (Å²) in [5, 5.41) is 11.0. The summed E-state index contributed by atoms with van der Waals surface area (Å²) in [4.78, 5) is 0.641. The van der Waals surface area contributed by atoms with Crippen LogP contribution in [0.5, 0.6) is 5.75 Å². The zero-order valence-corrected chi connectivity index (χ0v) is 7.62. The first-order valence-corrected chi connectivity index (χ1v) is 4.60. The summed E-state index contributed by atoms with van der Waals surface area (Å²) < 4.78 is 13.7. The van der Waals surface area contributed by atoms with E-state index in [0.717, 1.165) is 4.70 Å². The van der Waals surface area contributed by atoms with Gasteiger partial charge in [-0.15, -0.1) is 24.0 Å². The Kier molecular flexibility index (Phi) is 1.73. The van der Waals surface area contributed by atoms with Crippen molar-refractivity contribution in [1.82, 2.24) is 0 Å². The molecule has 1 heterocycles. The zero-order chi connectivity index (χ0) is 8.72. The number of thiol groups is 1. The normalized spacial score (nSPS) is 10.8. The first-order chi connectivity index (χ1) is 5.68. The van der Waals surface area contributed by atoms with Crippen molar-refractivity contribution < 1.29 is 9.50 Å². The van der Waals surface area contributed by atoms with Gasteiger partial charge in [0.2, 0.25) is 0 Å². The van der Waals surface area contributed by atoms with E-state index in [0.29, 0.717) is 4.90 Å². The van der Waals surface area contributed by atoms with Gasteiger partial charge in [-0.2, -0.15) is 0 Å². The zero-order valence-electron chi connectivity index (χ0n) is 5.91.